The lowest BCUT2D eigenvalue weighted by Gasteiger charge is -2.03. The highest BCUT2D eigenvalue weighted by Crippen LogP contribution is 1.91. The van der Waals surface area contributed by atoms with Crippen molar-refractivity contribution in [2.45, 2.75) is 13.5 Å². The van der Waals surface area contributed by atoms with Gasteiger partial charge in [-0.3, -0.25) is 9.48 Å². The fourth-order valence-corrected chi connectivity index (χ4v) is 1.10. The van der Waals surface area contributed by atoms with E-state index in [-0.39, 0.29) is 18.2 Å². The quantitative estimate of drug-likeness (QED) is 0.472. The maximum atomic E-state index is 11.0. The van der Waals surface area contributed by atoms with Gasteiger partial charge in [0.25, 0.3) is 0 Å². The lowest BCUT2D eigenvalue weighted by atomic mass is 10.5. The van der Waals surface area contributed by atoms with Crippen molar-refractivity contribution in [3.8, 4) is 0 Å². The molecular formula is C9H14N4O4. The smallest absolute Gasteiger partial charge is 0.358 e. The molecule has 0 bridgehead atoms. The highest BCUT2D eigenvalue weighted by atomic mass is 16.5. The molecule has 0 aliphatic heterocycles. The number of carboxylic acid groups (broad SMARTS) is 1. The molecule has 0 spiro atoms. The first-order valence-corrected chi connectivity index (χ1v) is 5.13. The number of hydrogen-bond donors (Lipinski definition) is 2. The van der Waals surface area contributed by atoms with Gasteiger partial charge in [-0.05, 0) is 6.92 Å². The van der Waals surface area contributed by atoms with E-state index < -0.39 is 5.97 Å². The van der Waals surface area contributed by atoms with Crippen LogP contribution in [0.1, 0.15) is 17.4 Å². The number of nitrogens with one attached hydrogen (secondary N) is 1. The van der Waals surface area contributed by atoms with E-state index in [0.717, 1.165) is 0 Å². The molecule has 0 amide bonds. The molecule has 0 aromatic carbocycles. The summed E-state index contributed by atoms with van der Waals surface area (Å²) < 4.78 is 6.11. The van der Waals surface area contributed by atoms with Crippen LogP contribution in [0.4, 0.5) is 0 Å². The van der Waals surface area contributed by atoms with Crippen LogP contribution in [-0.4, -0.2) is 51.7 Å². The van der Waals surface area contributed by atoms with Crippen LogP contribution >= 0.6 is 0 Å². The van der Waals surface area contributed by atoms with E-state index in [9.17, 15) is 9.59 Å². The van der Waals surface area contributed by atoms with Crippen molar-refractivity contribution >= 4 is 11.9 Å². The summed E-state index contributed by atoms with van der Waals surface area (Å²) in [4.78, 5) is 21.5. The predicted molar refractivity (Wildman–Crippen MR) is 56.5 cm³/mol. The molecule has 1 heterocycles. The minimum absolute atomic E-state index is 0.101. The molecule has 1 aromatic heterocycles. The minimum Gasteiger partial charge on any atom is -0.476 e. The van der Waals surface area contributed by atoms with Crippen molar-refractivity contribution in [2.24, 2.45) is 0 Å². The Morgan fingerprint density at radius 3 is 2.94 bits per heavy atom. The Morgan fingerprint density at radius 2 is 2.35 bits per heavy atom. The summed E-state index contributed by atoms with van der Waals surface area (Å²) in [7, 11) is 0. The van der Waals surface area contributed by atoms with Gasteiger partial charge in [0.2, 0.25) is 0 Å². The van der Waals surface area contributed by atoms with Crippen LogP contribution in [0.2, 0.25) is 0 Å². The van der Waals surface area contributed by atoms with Gasteiger partial charge >= 0.3 is 11.9 Å². The standard InChI is InChI=1S/C9H14N4O4/c1-2-17-8(14)5-10-3-4-13-6-7(9(15)16)11-12-13/h6,10H,2-5H2,1H3,(H,15,16). The molecule has 0 aliphatic rings. The maximum absolute atomic E-state index is 11.0. The Bertz CT molecular complexity index is 390. The van der Waals surface area contributed by atoms with Crippen LogP contribution in [0.15, 0.2) is 6.20 Å². The molecule has 8 heteroatoms. The third-order valence-corrected chi connectivity index (χ3v) is 1.85. The minimum atomic E-state index is -1.12. The number of aromatic nitrogens is 3. The third-order valence-electron chi connectivity index (χ3n) is 1.85. The zero-order chi connectivity index (χ0) is 12.7. The van der Waals surface area contributed by atoms with Crippen LogP contribution < -0.4 is 5.32 Å². The predicted octanol–water partition coefficient (Wildman–Crippen LogP) is -0.871. The summed E-state index contributed by atoms with van der Waals surface area (Å²) in [5.74, 6) is -1.44. The molecule has 1 aromatic rings. The summed E-state index contributed by atoms with van der Waals surface area (Å²) in [6.07, 6.45) is 1.33. The Hall–Kier alpha value is -1.96. The monoisotopic (exact) mass is 242 g/mol. The summed E-state index contributed by atoms with van der Waals surface area (Å²) in [5, 5.41) is 18.5. The van der Waals surface area contributed by atoms with Crippen LogP contribution in [-0.2, 0) is 16.1 Å². The molecule has 8 nitrogen and oxygen atoms in total. The van der Waals surface area contributed by atoms with Crippen molar-refractivity contribution in [1.82, 2.24) is 20.3 Å². The zero-order valence-electron chi connectivity index (χ0n) is 9.42. The summed E-state index contributed by atoms with van der Waals surface area (Å²) in [5.41, 5.74) is -0.101. The van der Waals surface area contributed by atoms with Crippen molar-refractivity contribution in [3.63, 3.8) is 0 Å². The molecular weight excluding hydrogens is 228 g/mol. The van der Waals surface area contributed by atoms with Gasteiger partial charge in [-0.25, -0.2) is 4.79 Å². The van der Waals surface area contributed by atoms with Gasteiger partial charge in [-0.2, -0.15) is 0 Å². The number of carboxylic acids is 1. The second-order valence-corrected chi connectivity index (χ2v) is 3.15. The summed E-state index contributed by atoms with van der Waals surface area (Å²) in [6.45, 7) is 3.11. The van der Waals surface area contributed by atoms with Crippen molar-refractivity contribution < 1.29 is 19.4 Å². The van der Waals surface area contributed by atoms with Gasteiger partial charge < -0.3 is 15.2 Å². The highest BCUT2D eigenvalue weighted by molar-refractivity contribution is 5.84. The molecule has 0 radical (unpaired) electrons. The van der Waals surface area contributed by atoms with Gasteiger partial charge in [0.1, 0.15) is 0 Å². The molecule has 0 saturated carbocycles. The van der Waals surface area contributed by atoms with Crippen LogP contribution in [0.5, 0.6) is 0 Å². The molecule has 0 fully saturated rings. The number of esters is 1. The van der Waals surface area contributed by atoms with E-state index in [2.05, 4.69) is 15.6 Å². The molecule has 0 atom stereocenters. The average Bonchev–Trinajstić information content (AvgIpc) is 2.73. The van der Waals surface area contributed by atoms with Crippen LogP contribution in [0.3, 0.4) is 0 Å². The summed E-state index contributed by atoms with van der Waals surface area (Å²) in [6, 6.07) is 0. The average molecular weight is 242 g/mol. The van der Waals surface area contributed by atoms with Gasteiger partial charge in [-0.1, -0.05) is 5.21 Å². The third kappa shape index (κ3) is 4.60. The van der Waals surface area contributed by atoms with Gasteiger partial charge in [0.05, 0.1) is 25.9 Å². The topological polar surface area (TPSA) is 106 Å². The first-order chi connectivity index (χ1) is 8.13. The fourth-order valence-electron chi connectivity index (χ4n) is 1.10. The first-order valence-electron chi connectivity index (χ1n) is 5.13. The Balaban J connectivity index is 2.22. The van der Waals surface area contributed by atoms with E-state index in [1.165, 1.54) is 10.9 Å². The van der Waals surface area contributed by atoms with Crippen molar-refractivity contribution in [1.29, 1.82) is 0 Å². The molecule has 1 rings (SSSR count). The van der Waals surface area contributed by atoms with E-state index in [1.807, 2.05) is 0 Å². The number of ether oxygens (including phenoxy) is 1. The molecule has 17 heavy (non-hydrogen) atoms. The largest absolute Gasteiger partial charge is 0.476 e. The highest BCUT2D eigenvalue weighted by Gasteiger charge is 2.07. The fraction of sp³-hybridized carbons (Fsp3) is 0.556. The van der Waals surface area contributed by atoms with Crippen LogP contribution in [0.25, 0.3) is 0 Å². The molecule has 94 valence electrons. The Kier molecular flexibility index (Phi) is 5.08. The van der Waals surface area contributed by atoms with E-state index in [0.29, 0.717) is 19.7 Å². The normalized spacial score (nSPS) is 10.2. The lowest BCUT2D eigenvalue weighted by molar-refractivity contribution is -0.142. The number of carbonyl (C=O) groups is 2. The number of carbonyl (C=O) groups excluding carboxylic acids is 1. The lowest BCUT2D eigenvalue weighted by Crippen LogP contribution is -2.27. The van der Waals surface area contributed by atoms with Gasteiger partial charge in [0.15, 0.2) is 5.69 Å². The van der Waals surface area contributed by atoms with E-state index in [4.69, 9.17) is 9.84 Å². The first kappa shape index (κ1) is 13.1. The Morgan fingerprint density at radius 1 is 1.59 bits per heavy atom. The van der Waals surface area contributed by atoms with E-state index in [1.54, 1.807) is 6.92 Å². The Labute approximate surface area is 97.6 Å². The van der Waals surface area contributed by atoms with Gasteiger partial charge in [0, 0.05) is 6.54 Å². The number of hydrogen-bond acceptors (Lipinski definition) is 6. The number of nitrogens with zero attached hydrogens (tertiary/aromatic N) is 3. The molecule has 0 saturated heterocycles. The molecule has 0 unspecified atom stereocenters. The van der Waals surface area contributed by atoms with Crippen molar-refractivity contribution in [3.05, 3.63) is 11.9 Å². The molecule has 2 N–H and O–H groups in total. The second-order valence-electron chi connectivity index (χ2n) is 3.15. The summed E-state index contributed by atoms with van der Waals surface area (Å²) >= 11 is 0. The second kappa shape index (κ2) is 6.59. The van der Waals surface area contributed by atoms with Gasteiger partial charge in [-0.15, -0.1) is 5.10 Å². The number of aromatic carboxylic acids is 1. The SMILES string of the molecule is CCOC(=O)CNCCn1cc(C(=O)O)nn1. The van der Waals surface area contributed by atoms with Crippen molar-refractivity contribution in [2.75, 3.05) is 19.7 Å². The zero-order valence-corrected chi connectivity index (χ0v) is 9.42. The van der Waals surface area contributed by atoms with Crippen LogP contribution in [0, 0.1) is 0 Å². The van der Waals surface area contributed by atoms with E-state index >= 15 is 0 Å². The maximum Gasteiger partial charge on any atom is 0.358 e. The molecule has 0 aliphatic carbocycles. The number of rotatable bonds is 7.